The number of piperazine rings is 1. The van der Waals surface area contributed by atoms with Crippen LogP contribution >= 0.6 is 0 Å². The van der Waals surface area contributed by atoms with Crippen molar-refractivity contribution in [3.8, 4) is 0 Å². The van der Waals surface area contributed by atoms with Crippen LogP contribution in [0.5, 0.6) is 0 Å². The summed E-state index contributed by atoms with van der Waals surface area (Å²) in [6.45, 7) is 6.20. The second-order valence-corrected chi connectivity index (χ2v) is 6.00. The van der Waals surface area contributed by atoms with E-state index < -0.39 is 0 Å². The molecule has 2 aliphatic heterocycles. The summed E-state index contributed by atoms with van der Waals surface area (Å²) in [5.41, 5.74) is 2.07. The summed E-state index contributed by atoms with van der Waals surface area (Å²) in [7, 11) is 0. The Morgan fingerprint density at radius 1 is 1.21 bits per heavy atom. The third-order valence-electron chi connectivity index (χ3n) is 4.43. The number of amides is 1. The molecule has 2 heterocycles. The maximum Gasteiger partial charge on any atom is 0.254 e. The Hall–Kier alpha value is -1.35. The predicted molar refractivity (Wildman–Crippen MR) is 76.4 cm³/mol. The minimum absolute atomic E-state index is 0.235. The first kappa shape index (κ1) is 12.7. The Morgan fingerprint density at radius 2 is 1.84 bits per heavy atom. The number of carbonyl (C=O) groups excluding carboxylic acids is 1. The summed E-state index contributed by atoms with van der Waals surface area (Å²) in [4.78, 5) is 15.0. The van der Waals surface area contributed by atoms with E-state index in [2.05, 4.69) is 30.1 Å². The fourth-order valence-corrected chi connectivity index (χ4v) is 3.44. The molecule has 0 saturated carbocycles. The highest BCUT2D eigenvalue weighted by atomic mass is 16.2. The molecule has 3 nitrogen and oxygen atoms in total. The van der Waals surface area contributed by atoms with Crippen LogP contribution in [0.2, 0.25) is 0 Å². The number of carbonyl (C=O) groups is 1. The van der Waals surface area contributed by atoms with E-state index in [4.69, 9.17) is 0 Å². The number of benzene rings is 1. The molecule has 1 aromatic carbocycles. The zero-order chi connectivity index (χ0) is 13.4. The van der Waals surface area contributed by atoms with E-state index in [0.29, 0.717) is 18.0 Å². The van der Waals surface area contributed by atoms with E-state index in [-0.39, 0.29) is 5.91 Å². The highest BCUT2D eigenvalue weighted by molar-refractivity contribution is 5.96. The fourth-order valence-electron chi connectivity index (χ4n) is 3.44. The molecule has 1 aromatic rings. The van der Waals surface area contributed by atoms with Crippen LogP contribution in [0.1, 0.15) is 48.5 Å². The maximum atomic E-state index is 12.9. The Morgan fingerprint density at radius 3 is 2.47 bits per heavy atom. The number of nitrogens with one attached hydrogen (secondary N) is 1. The SMILES string of the molecule is CC(C)c1ccccc1C(=O)N1C2CCC1CNC2. The molecule has 3 rings (SSSR count). The highest BCUT2D eigenvalue weighted by Crippen LogP contribution is 2.30. The lowest BCUT2D eigenvalue weighted by atomic mass is 9.96. The average Bonchev–Trinajstić information content (AvgIpc) is 2.67. The third-order valence-corrected chi connectivity index (χ3v) is 4.43. The zero-order valence-electron chi connectivity index (χ0n) is 11.7. The lowest BCUT2D eigenvalue weighted by molar-refractivity contribution is 0.0618. The smallest absolute Gasteiger partial charge is 0.254 e. The van der Waals surface area contributed by atoms with E-state index in [1.165, 1.54) is 5.56 Å². The summed E-state index contributed by atoms with van der Waals surface area (Å²) >= 11 is 0. The summed E-state index contributed by atoms with van der Waals surface area (Å²) in [5.74, 6) is 0.624. The van der Waals surface area contributed by atoms with Crippen molar-refractivity contribution in [1.29, 1.82) is 0 Å². The maximum absolute atomic E-state index is 12.9. The van der Waals surface area contributed by atoms with E-state index in [1.54, 1.807) is 0 Å². The molecular formula is C16H22N2O. The van der Waals surface area contributed by atoms with Crippen LogP contribution in [0.4, 0.5) is 0 Å². The molecule has 3 heteroatoms. The van der Waals surface area contributed by atoms with Gasteiger partial charge >= 0.3 is 0 Å². The number of fused-ring (bicyclic) bond motifs is 2. The van der Waals surface area contributed by atoms with Crippen LogP contribution in [-0.2, 0) is 0 Å². The standard InChI is InChI=1S/C16H22N2O/c1-11(2)14-5-3-4-6-15(14)16(19)18-12-7-8-13(18)10-17-9-12/h3-6,11-13,17H,7-10H2,1-2H3. The van der Waals surface area contributed by atoms with Gasteiger partial charge in [-0.2, -0.15) is 0 Å². The molecule has 0 aromatic heterocycles. The van der Waals surface area contributed by atoms with Crippen LogP contribution in [-0.4, -0.2) is 36.0 Å². The normalized spacial score (nSPS) is 25.9. The molecule has 2 aliphatic rings. The van der Waals surface area contributed by atoms with Crippen LogP contribution in [0.15, 0.2) is 24.3 Å². The average molecular weight is 258 g/mol. The topological polar surface area (TPSA) is 32.3 Å². The van der Waals surface area contributed by atoms with Gasteiger partial charge in [0, 0.05) is 30.7 Å². The lowest BCUT2D eigenvalue weighted by Gasteiger charge is -2.36. The monoisotopic (exact) mass is 258 g/mol. The fraction of sp³-hybridized carbons (Fsp3) is 0.562. The first-order chi connectivity index (χ1) is 9.18. The van der Waals surface area contributed by atoms with Crippen molar-refractivity contribution in [3.05, 3.63) is 35.4 Å². The number of rotatable bonds is 2. The number of hydrogen-bond acceptors (Lipinski definition) is 2. The molecule has 19 heavy (non-hydrogen) atoms. The Balaban J connectivity index is 1.92. The molecule has 2 bridgehead atoms. The van der Waals surface area contributed by atoms with E-state index in [1.807, 2.05) is 18.2 Å². The van der Waals surface area contributed by atoms with Gasteiger partial charge in [0.2, 0.25) is 0 Å². The first-order valence-corrected chi connectivity index (χ1v) is 7.30. The molecule has 2 unspecified atom stereocenters. The van der Waals surface area contributed by atoms with Crippen LogP contribution in [0.3, 0.4) is 0 Å². The van der Waals surface area contributed by atoms with Crippen molar-refractivity contribution in [2.45, 2.75) is 44.7 Å². The van der Waals surface area contributed by atoms with Gasteiger partial charge in [-0.25, -0.2) is 0 Å². The van der Waals surface area contributed by atoms with Crippen LogP contribution in [0.25, 0.3) is 0 Å². The minimum Gasteiger partial charge on any atom is -0.330 e. The quantitative estimate of drug-likeness (QED) is 0.883. The Labute approximate surface area is 115 Å². The summed E-state index contributed by atoms with van der Waals surface area (Å²) in [6, 6.07) is 8.86. The molecule has 2 fully saturated rings. The molecule has 1 amide bonds. The number of hydrogen-bond donors (Lipinski definition) is 1. The summed E-state index contributed by atoms with van der Waals surface area (Å²) < 4.78 is 0. The van der Waals surface area contributed by atoms with Gasteiger partial charge in [-0.3, -0.25) is 4.79 Å². The first-order valence-electron chi connectivity index (χ1n) is 7.30. The van der Waals surface area contributed by atoms with E-state index >= 15 is 0 Å². The molecule has 0 aliphatic carbocycles. The van der Waals surface area contributed by atoms with Gasteiger partial charge in [0.15, 0.2) is 0 Å². The van der Waals surface area contributed by atoms with Crippen molar-refractivity contribution in [2.24, 2.45) is 0 Å². The van der Waals surface area contributed by atoms with Crippen molar-refractivity contribution >= 4 is 5.91 Å². The van der Waals surface area contributed by atoms with Gasteiger partial charge in [0.25, 0.3) is 5.91 Å². The van der Waals surface area contributed by atoms with Gasteiger partial charge in [0.1, 0.15) is 0 Å². The second kappa shape index (κ2) is 4.97. The van der Waals surface area contributed by atoms with Crippen LogP contribution in [0, 0.1) is 0 Å². The number of nitrogens with zero attached hydrogens (tertiary/aromatic N) is 1. The second-order valence-electron chi connectivity index (χ2n) is 6.00. The van der Waals surface area contributed by atoms with Gasteiger partial charge < -0.3 is 10.2 Å². The minimum atomic E-state index is 0.235. The van der Waals surface area contributed by atoms with Gasteiger partial charge in [0.05, 0.1) is 0 Å². The van der Waals surface area contributed by atoms with E-state index in [0.717, 1.165) is 31.5 Å². The lowest BCUT2D eigenvalue weighted by Crippen LogP contribution is -2.54. The summed E-state index contributed by atoms with van der Waals surface area (Å²) in [5, 5.41) is 3.43. The largest absolute Gasteiger partial charge is 0.330 e. The van der Waals surface area contributed by atoms with E-state index in [9.17, 15) is 4.79 Å². The molecular weight excluding hydrogens is 236 g/mol. The molecule has 1 N–H and O–H groups in total. The van der Waals surface area contributed by atoms with Crippen molar-refractivity contribution < 1.29 is 4.79 Å². The van der Waals surface area contributed by atoms with Gasteiger partial charge in [-0.05, 0) is 30.4 Å². The molecule has 2 saturated heterocycles. The molecule has 0 radical (unpaired) electrons. The summed E-state index contributed by atoms with van der Waals surface area (Å²) in [6.07, 6.45) is 2.29. The third kappa shape index (κ3) is 2.16. The van der Waals surface area contributed by atoms with Gasteiger partial charge in [-0.15, -0.1) is 0 Å². The van der Waals surface area contributed by atoms with Crippen molar-refractivity contribution in [2.75, 3.05) is 13.1 Å². The van der Waals surface area contributed by atoms with Crippen molar-refractivity contribution in [1.82, 2.24) is 10.2 Å². The zero-order valence-corrected chi connectivity index (χ0v) is 11.7. The molecule has 0 spiro atoms. The molecule has 102 valence electrons. The molecule has 2 atom stereocenters. The highest BCUT2D eigenvalue weighted by Gasteiger charge is 2.40. The predicted octanol–water partition coefficient (Wildman–Crippen LogP) is 2.39. The van der Waals surface area contributed by atoms with Gasteiger partial charge in [-0.1, -0.05) is 32.0 Å². The van der Waals surface area contributed by atoms with Crippen molar-refractivity contribution in [3.63, 3.8) is 0 Å². The Kier molecular flexibility index (Phi) is 3.31. The van der Waals surface area contributed by atoms with Crippen LogP contribution < -0.4 is 5.32 Å². The Bertz CT molecular complexity index is 467.